The van der Waals surface area contributed by atoms with Crippen LogP contribution in [0.3, 0.4) is 0 Å². The Morgan fingerprint density at radius 2 is 2.31 bits per heavy atom. The molecule has 16 heavy (non-hydrogen) atoms. The molecule has 0 fully saturated rings. The fraction of sp³-hybridized carbons (Fsp3) is 0.0909. The number of hydrogen-bond acceptors (Lipinski definition) is 2. The molecule has 0 spiro atoms. The SMILES string of the molecule is Cn1cnc(C(=O)Nc2cccc(I)c2)c1. The smallest absolute Gasteiger partial charge is 0.275 e. The Hall–Kier alpha value is -1.37. The molecule has 0 unspecified atom stereocenters. The molecular formula is C11H10IN3O. The van der Waals surface area contributed by atoms with Crippen LogP contribution in [0.2, 0.25) is 0 Å². The van der Waals surface area contributed by atoms with Crippen molar-refractivity contribution in [2.75, 3.05) is 5.32 Å². The summed E-state index contributed by atoms with van der Waals surface area (Å²) < 4.78 is 2.82. The molecule has 5 heteroatoms. The van der Waals surface area contributed by atoms with Crippen LogP contribution in [0.1, 0.15) is 10.5 Å². The standard InChI is InChI=1S/C11H10IN3O/c1-15-6-10(13-7-15)11(16)14-9-4-2-3-8(12)5-9/h2-7H,1H3,(H,14,16). The van der Waals surface area contributed by atoms with Gasteiger partial charge in [-0.1, -0.05) is 6.07 Å². The van der Waals surface area contributed by atoms with Gasteiger partial charge >= 0.3 is 0 Å². The first-order valence-electron chi connectivity index (χ1n) is 4.70. The molecule has 2 rings (SSSR count). The highest BCUT2D eigenvalue weighted by Gasteiger charge is 2.08. The minimum absolute atomic E-state index is 0.192. The number of nitrogens with zero attached hydrogens (tertiary/aromatic N) is 2. The molecule has 0 saturated carbocycles. The lowest BCUT2D eigenvalue weighted by atomic mass is 10.3. The highest BCUT2D eigenvalue weighted by molar-refractivity contribution is 14.1. The number of aryl methyl sites for hydroxylation is 1. The van der Waals surface area contributed by atoms with Crippen LogP contribution >= 0.6 is 22.6 Å². The quantitative estimate of drug-likeness (QED) is 0.861. The van der Waals surface area contributed by atoms with Gasteiger partial charge in [-0.15, -0.1) is 0 Å². The number of aromatic nitrogens is 2. The molecule has 1 amide bonds. The Kier molecular flexibility index (Phi) is 3.23. The van der Waals surface area contributed by atoms with Crippen LogP contribution < -0.4 is 5.32 Å². The van der Waals surface area contributed by atoms with Gasteiger partial charge in [-0.05, 0) is 40.8 Å². The van der Waals surface area contributed by atoms with Crippen molar-refractivity contribution in [1.82, 2.24) is 9.55 Å². The van der Waals surface area contributed by atoms with E-state index in [-0.39, 0.29) is 5.91 Å². The number of rotatable bonds is 2. The van der Waals surface area contributed by atoms with Crippen molar-refractivity contribution in [3.8, 4) is 0 Å². The van der Waals surface area contributed by atoms with Gasteiger partial charge in [-0.3, -0.25) is 4.79 Å². The number of carbonyl (C=O) groups is 1. The van der Waals surface area contributed by atoms with Crippen LogP contribution in [-0.2, 0) is 7.05 Å². The van der Waals surface area contributed by atoms with Crippen LogP contribution in [0.25, 0.3) is 0 Å². The molecular weight excluding hydrogens is 317 g/mol. The predicted molar refractivity (Wildman–Crippen MR) is 70.3 cm³/mol. The lowest BCUT2D eigenvalue weighted by Gasteiger charge is -2.02. The molecule has 1 aromatic heterocycles. The Morgan fingerprint density at radius 1 is 1.50 bits per heavy atom. The summed E-state index contributed by atoms with van der Waals surface area (Å²) in [4.78, 5) is 15.7. The topological polar surface area (TPSA) is 46.9 Å². The zero-order valence-electron chi connectivity index (χ0n) is 8.64. The maximum absolute atomic E-state index is 11.7. The second-order valence-electron chi connectivity index (χ2n) is 3.39. The molecule has 0 saturated heterocycles. The van der Waals surface area contributed by atoms with Crippen molar-refractivity contribution in [3.63, 3.8) is 0 Å². The van der Waals surface area contributed by atoms with Crippen molar-refractivity contribution >= 4 is 34.2 Å². The van der Waals surface area contributed by atoms with Gasteiger partial charge in [0.15, 0.2) is 0 Å². The predicted octanol–water partition coefficient (Wildman–Crippen LogP) is 2.28. The largest absolute Gasteiger partial charge is 0.340 e. The van der Waals surface area contributed by atoms with E-state index in [1.165, 1.54) is 0 Å². The average Bonchev–Trinajstić information content (AvgIpc) is 2.65. The fourth-order valence-electron chi connectivity index (χ4n) is 1.29. The van der Waals surface area contributed by atoms with Crippen LogP contribution in [0.5, 0.6) is 0 Å². The molecule has 82 valence electrons. The summed E-state index contributed by atoms with van der Waals surface area (Å²) in [6.45, 7) is 0. The number of imidazole rings is 1. The highest BCUT2D eigenvalue weighted by atomic mass is 127. The summed E-state index contributed by atoms with van der Waals surface area (Å²) in [5.41, 5.74) is 1.20. The highest BCUT2D eigenvalue weighted by Crippen LogP contribution is 2.13. The second kappa shape index (κ2) is 4.65. The molecule has 0 aliphatic heterocycles. The first-order valence-corrected chi connectivity index (χ1v) is 5.78. The summed E-state index contributed by atoms with van der Waals surface area (Å²) in [6.07, 6.45) is 3.28. The Morgan fingerprint density at radius 3 is 2.94 bits per heavy atom. The third-order valence-corrected chi connectivity index (χ3v) is 2.69. The molecule has 4 nitrogen and oxygen atoms in total. The number of carbonyl (C=O) groups excluding carboxylic acids is 1. The number of benzene rings is 1. The van der Waals surface area contributed by atoms with Gasteiger partial charge in [0.1, 0.15) is 5.69 Å². The van der Waals surface area contributed by atoms with Crippen molar-refractivity contribution in [2.45, 2.75) is 0 Å². The monoisotopic (exact) mass is 327 g/mol. The molecule has 0 aliphatic carbocycles. The Bertz CT molecular complexity index is 521. The Balaban J connectivity index is 2.13. The maximum Gasteiger partial charge on any atom is 0.275 e. The molecule has 2 aromatic rings. The Labute approximate surface area is 107 Å². The molecule has 0 atom stereocenters. The van der Waals surface area contributed by atoms with Gasteiger partial charge in [0.2, 0.25) is 0 Å². The summed E-state index contributed by atoms with van der Waals surface area (Å²) in [7, 11) is 1.83. The van der Waals surface area contributed by atoms with E-state index >= 15 is 0 Å². The first-order chi connectivity index (χ1) is 7.65. The average molecular weight is 327 g/mol. The molecule has 1 aromatic carbocycles. The maximum atomic E-state index is 11.7. The minimum atomic E-state index is -0.192. The van der Waals surface area contributed by atoms with Gasteiger partial charge in [0, 0.05) is 22.5 Å². The molecule has 0 radical (unpaired) electrons. The number of halogens is 1. The third-order valence-electron chi connectivity index (χ3n) is 2.02. The van der Waals surface area contributed by atoms with E-state index in [9.17, 15) is 4.79 Å². The molecule has 1 N–H and O–H groups in total. The van der Waals surface area contributed by atoms with Crippen molar-refractivity contribution in [1.29, 1.82) is 0 Å². The number of anilines is 1. The number of amides is 1. The van der Waals surface area contributed by atoms with Gasteiger partial charge in [-0.25, -0.2) is 4.98 Å². The molecule has 0 aliphatic rings. The van der Waals surface area contributed by atoms with Gasteiger partial charge < -0.3 is 9.88 Å². The lowest BCUT2D eigenvalue weighted by molar-refractivity contribution is 0.102. The minimum Gasteiger partial charge on any atom is -0.340 e. The number of nitrogens with one attached hydrogen (secondary N) is 1. The van der Waals surface area contributed by atoms with Crippen molar-refractivity contribution < 1.29 is 4.79 Å². The molecule has 1 heterocycles. The van der Waals surface area contributed by atoms with Crippen LogP contribution in [0.15, 0.2) is 36.8 Å². The summed E-state index contributed by atoms with van der Waals surface area (Å²) in [6, 6.07) is 7.62. The fourth-order valence-corrected chi connectivity index (χ4v) is 1.83. The normalized spacial score (nSPS) is 10.1. The van der Waals surface area contributed by atoms with E-state index in [2.05, 4.69) is 32.9 Å². The van der Waals surface area contributed by atoms with Gasteiger partial charge in [0.25, 0.3) is 5.91 Å². The van der Waals surface area contributed by atoms with E-state index in [4.69, 9.17) is 0 Å². The zero-order chi connectivity index (χ0) is 11.5. The van der Waals surface area contributed by atoms with Crippen LogP contribution in [0.4, 0.5) is 5.69 Å². The number of hydrogen-bond donors (Lipinski definition) is 1. The van der Waals surface area contributed by atoms with E-state index in [0.717, 1.165) is 9.26 Å². The lowest BCUT2D eigenvalue weighted by Crippen LogP contribution is -2.12. The van der Waals surface area contributed by atoms with Gasteiger partial charge in [0.05, 0.1) is 6.33 Å². The molecule has 0 bridgehead atoms. The van der Waals surface area contributed by atoms with E-state index in [1.54, 1.807) is 17.1 Å². The zero-order valence-corrected chi connectivity index (χ0v) is 10.8. The van der Waals surface area contributed by atoms with Gasteiger partial charge in [-0.2, -0.15) is 0 Å². The third kappa shape index (κ3) is 2.60. The van der Waals surface area contributed by atoms with E-state index in [0.29, 0.717) is 5.69 Å². The van der Waals surface area contributed by atoms with E-state index < -0.39 is 0 Å². The summed E-state index contributed by atoms with van der Waals surface area (Å²) in [5.74, 6) is -0.192. The summed E-state index contributed by atoms with van der Waals surface area (Å²) in [5, 5.41) is 2.79. The first kappa shape index (κ1) is 11.1. The van der Waals surface area contributed by atoms with Crippen molar-refractivity contribution in [2.24, 2.45) is 7.05 Å². The van der Waals surface area contributed by atoms with Crippen LogP contribution in [0, 0.1) is 3.57 Å². The summed E-state index contributed by atoms with van der Waals surface area (Å²) >= 11 is 2.20. The van der Waals surface area contributed by atoms with Crippen molar-refractivity contribution in [3.05, 3.63) is 46.1 Å². The van der Waals surface area contributed by atoms with Crippen LogP contribution in [-0.4, -0.2) is 15.5 Å². The second-order valence-corrected chi connectivity index (χ2v) is 4.63. The van der Waals surface area contributed by atoms with E-state index in [1.807, 2.05) is 31.3 Å².